The molecule has 0 saturated heterocycles. The van der Waals surface area contributed by atoms with E-state index in [-0.39, 0.29) is 24.3 Å². The molecule has 0 saturated carbocycles. The number of nitrogens with one attached hydrogen (secondary N) is 1. The molecule has 1 N–H and O–H groups in total. The Hall–Kier alpha value is -3.16. The number of amides is 1. The van der Waals surface area contributed by atoms with Crippen LogP contribution in [0.25, 0.3) is 11.0 Å². The zero-order chi connectivity index (χ0) is 17.3. The van der Waals surface area contributed by atoms with Crippen molar-refractivity contribution in [2.24, 2.45) is 0 Å². The van der Waals surface area contributed by atoms with Gasteiger partial charge >= 0.3 is 5.82 Å². The van der Waals surface area contributed by atoms with Crippen LogP contribution in [0.2, 0.25) is 0 Å². The molecule has 3 aromatic rings. The topological polar surface area (TPSA) is 103 Å². The minimum Gasteiger partial charge on any atom is -0.459 e. The third-order valence-corrected chi connectivity index (χ3v) is 3.77. The molecule has 124 valence electrons. The van der Waals surface area contributed by atoms with Crippen molar-refractivity contribution in [1.82, 2.24) is 15.1 Å². The maximum Gasteiger partial charge on any atom is 0.389 e. The summed E-state index contributed by atoms with van der Waals surface area (Å²) in [5.74, 6) is 0.0975. The first-order valence-corrected chi connectivity index (χ1v) is 7.41. The molecule has 0 aliphatic heterocycles. The van der Waals surface area contributed by atoms with Gasteiger partial charge < -0.3 is 19.8 Å². The van der Waals surface area contributed by atoms with Crippen LogP contribution in [-0.4, -0.2) is 20.6 Å². The lowest BCUT2D eigenvalue weighted by Crippen LogP contribution is -2.30. The molecular formula is C16H16N4O4. The molecular weight excluding hydrogens is 312 g/mol. The number of hydrogen-bond acceptors (Lipinski definition) is 5. The summed E-state index contributed by atoms with van der Waals surface area (Å²) < 4.78 is 7.05. The summed E-state index contributed by atoms with van der Waals surface area (Å²) in [4.78, 5) is 22.1. The smallest absolute Gasteiger partial charge is 0.389 e. The summed E-state index contributed by atoms with van der Waals surface area (Å²) in [5.41, 5.74) is 1.75. The monoisotopic (exact) mass is 328 g/mol. The Morgan fingerprint density at radius 3 is 2.83 bits per heavy atom. The van der Waals surface area contributed by atoms with Crippen molar-refractivity contribution >= 4 is 22.7 Å². The highest BCUT2D eigenvalue weighted by atomic mass is 16.6. The van der Waals surface area contributed by atoms with Gasteiger partial charge in [-0.15, -0.1) is 0 Å². The summed E-state index contributed by atoms with van der Waals surface area (Å²) in [6.07, 6.45) is 1.40. The predicted molar refractivity (Wildman–Crippen MR) is 86.4 cm³/mol. The Morgan fingerprint density at radius 1 is 1.42 bits per heavy atom. The van der Waals surface area contributed by atoms with Gasteiger partial charge in [-0.25, -0.2) is 0 Å². The van der Waals surface area contributed by atoms with E-state index in [1.165, 1.54) is 16.9 Å². The van der Waals surface area contributed by atoms with Gasteiger partial charge in [0, 0.05) is 10.9 Å². The SMILES string of the molecule is Cc1c(C(C)NC(=O)Cn2ccc([N+](=O)[O-])n2)oc2ccccc12. The van der Waals surface area contributed by atoms with E-state index in [9.17, 15) is 14.9 Å². The molecule has 8 nitrogen and oxygen atoms in total. The lowest BCUT2D eigenvalue weighted by Gasteiger charge is -2.11. The second kappa shape index (κ2) is 6.15. The molecule has 0 radical (unpaired) electrons. The quantitative estimate of drug-likeness (QED) is 0.573. The number of fused-ring (bicyclic) bond motifs is 1. The molecule has 8 heteroatoms. The minimum atomic E-state index is -0.602. The minimum absolute atomic E-state index is 0.0997. The van der Waals surface area contributed by atoms with Crippen LogP contribution in [-0.2, 0) is 11.3 Å². The van der Waals surface area contributed by atoms with Gasteiger partial charge in [0.2, 0.25) is 5.91 Å². The number of nitrogens with zero attached hydrogens (tertiary/aromatic N) is 3. The molecule has 1 aromatic carbocycles. The van der Waals surface area contributed by atoms with Crippen LogP contribution in [0.5, 0.6) is 0 Å². The van der Waals surface area contributed by atoms with Crippen molar-refractivity contribution < 1.29 is 14.1 Å². The molecule has 1 amide bonds. The number of rotatable bonds is 5. The lowest BCUT2D eigenvalue weighted by atomic mass is 10.1. The summed E-state index contributed by atoms with van der Waals surface area (Å²) in [6, 6.07) is 8.60. The van der Waals surface area contributed by atoms with Crippen LogP contribution in [0.15, 0.2) is 40.9 Å². The van der Waals surface area contributed by atoms with Gasteiger partial charge in [-0.2, -0.15) is 4.68 Å². The van der Waals surface area contributed by atoms with Gasteiger partial charge in [0.25, 0.3) is 0 Å². The van der Waals surface area contributed by atoms with E-state index in [0.29, 0.717) is 5.76 Å². The summed E-state index contributed by atoms with van der Waals surface area (Å²) in [5, 5.41) is 18.1. The van der Waals surface area contributed by atoms with Gasteiger partial charge in [-0.05, 0) is 24.8 Å². The predicted octanol–water partition coefficient (Wildman–Crippen LogP) is 2.72. The van der Waals surface area contributed by atoms with Crippen molar-refractivity contribution in [3.05, 3.63) is 58.0 Å². The lowest BCUT2D eigenvalue weighted by molar-refractivity contribution is -0.389. The van der Waals surface area contributed by atoms with Gasteiger partial charge in [0.1, 0.15) is 17.9 Å². The number of para-hydroxylation sites is 1. The molecule has 3 rings (SSSR count). The first kappa shape index (κ1) is 15.7. The van der Waals surface area contributed by atoms with E-state index < -0.39 is 4.92 Å². The molecule has 24 heavy (non-hydrogen) atoms. The molecule has 0 spiro atoms. The zero-order valence-electron chi connectivity index (χ0n) is 13.2. The van der Waals surface area contributed by atoms with E-state index in [0.717, 1.165) is 16.5 Å². The van der Waals surface area contributed by atoms with E-state index in [4.69, 9.17) is 4.42 Å². The van der Waals surface area contributed by atoms with Crippen molar-refractivity contribution in [2.75, 3.05) is 0 Å². The van der Waals surface area contributed by atoms with Gasteiger partial charge in [0.05, 0.1) is 23.4 Å². The third kappa shape index (κ3) is 2.98. The number of carbonyl (C=O) groups is 1. The normalized spacial score (nSPS) is 12.2. The number of hydrogen-bond donors (Lipinski definition) is 1. The largest absolute Gasteiger partial charge is 0.459 e. The number of benzene rings is 1. The number of aryl methyl sites for hydroxylation is 1. The van der Waals surface area contributed by atoms with Gasteiger partial charge in [-0.3, -0.25) is 4.79 Å². The van der Waals surface area contributed by atoms with Crippen LogP contribution in [0.3, 0.4) is 0 Å². The van der Waals surface area contributed by atoms with Gasteiger partial charge in [0.15, 0.2) is 0 Å². The fraction of sp³-hybridized carbons (Fsp3) is 0.250. The maximum absolute atomic E-state index is 12.1. The fourth-order valence-corrected chi connectivity index (χ4v) is 2.64. The van der Waals surface area contributed by atoms with Crippen molar-refractivity contribution in [2.45, 2.75) is 26.4 Å². The average molecular weight is 328 g/mol. The molecule has 2 heterocycles. The van der Waals surface area contributed by atoms with E-state index in [1.54, 1.807) is 0 Å². The molecule has 2 aromatic heterocycles. The standard InChI is InChI=1S/C16H16N4O4/c1-10-12-5-3-4-6-13(12)24-16(10)11(2)17-15(21)9-19-8-7-14(18-19)20(22)23/h3-8,11H,9H2,1-2H3,(H,17,21). The highest BCUT2D eigenvalue weighted by molar-refractivity contribution is 5.82. The summed E-state index contributed by atoms with van der Waals surface area (Å²) in [7, 11) is 0. The third-order valence-electron chi connectivity index (χ3n) is 3.77. The summed E-state index contributed by atoms with van der Waals surface area (Å²) in [6.45, 7) is 3.67. The van der Waals surface area contributed by atoms with E-state index >= 15 is 0 Å². The first-order chi connectivity index (χ1) is 11.5. The highest BCUT2D eigenvalue weighted by Crippen LogP contribution is 2.29. The van der Waals surface area contributed by atoms with Crippen molar-refractivity contribution in [3.8, 4) is 0 Å². The number of furan rings is 1. The van der Waals surface area contributed by atoms with Crippen molar-refractivity contribution in [3.63, 3.8) is 0 Å². The molecule has 0 aliphatic rings. The van der Waals surface area contributed by atoms with Gasteiger partial charge in [-0.1, -0.05) is 18.2 Å². The number of nitro groups is 1. The number of aromatic nitrogens is 2. The maximum atomic E-state index is 12.1. The Balaban J connectivity index is 1.70. The van der Waals surface area contributed by atoms with Crippen LogP contribution in [0.4, 0.5) is 5.82 Å². The molecule has 0 bridgehead atoms. The Morgan fingerprint density at radius 2 is 2.17 bits per heavy atom. The Kier molecular flexibility index (Phi) is 4.03. The molecule has 0 aliphatic carbocycles. The second-order valence-corrected chi connectivity index (χ2v) is 5.51. The first-order valence-electron chi connectivity index (χ1n) is 7.41. The summed E-state index contributed by atoms with van der Waals surface area (Å²) >= 11 is 0. The Bertz CT molecular complexity index is 912. The zero-order valence-corrected chi connectivity index (χ0v) is 13.2. The highest BCUT2D eigenvalue weighted by Gasteiger charge is 2.19. The van der Waals surface area contributed by atoms with E-state index in [1.807, 2.05) is 38.1 Å². The molecule has 0 fully saturated rings. The Labute approximate surface area is 137 Å². The molecule has 1 unspecified atom stereocenters. The van der Waals surface area contributed by atoms with E-state index in [2.05, 4.69) is 10.4 Å². The van der Waals surface area contributed by atoms with Crippen LogP contribution in [0.1, 0.15) is 24.3 Å². The fourth-order valence-electron chi connectivity index (χ4n) is 2.64. The van der Waals surface area contributed by atoms with Crippen LogP contribution < -0.4 is 5.32 Å². The average Bonchev–Trinajstić information content (AvgIpc) is 3.13. The number of carbonyl (C=O) groups excluding carboxylic acids is 1. The second-order valence-electron chi connectivity index (χ2n) is 5.51. The van der Waals surface area contributed by atoms with Crippen LogP contribution in [0, 0.1) is 17.0 Å². The molecule has 1 atom stereocenters. The van der Waals surface area contributed by atoms with Crippen LogP contribution >= 0.6 is 0 Å². The van der Waals surface area contributed by atoms with Crippen molar-refractivity contribution in [1.29, 1.82) is 0 Å².